The molecule has 5 nitrogen and oxygen atoms in total. The molecule has 2 aliphatic rings. The summed E-state index contributed by atoms with van der Waals surface area (Å²) in [5, 5.41) is 3.28. The molecule has 1 fully saturated rings. The fourth-order valence-corrected chi connectivity index (χ4v) is 2.86. The molecule has 1 N–H and O–H groups in total. The number of ether oxygens (including phenoxy) is 3. The van der Waals surface area contributed by atoms with E-state index in [1.54, 1.807) is 0 Å². The first-order chi connectivity index (χ1) is 9.31. The second-order valence-corrected chi connectivity index (χ2v) is 5.25. The van der Waals surface area contributed by atoms with E-state index >= 15 is 0 Å². The molecule has 102 valence electrons. The quantitative estimate of drug-likeness (QED) is 0.838. The number of carbonyl (C=O) groups is 1. The standard InChI is InChI=1S/C13H14BrNO4/c14-10-5-8(11-6-15-1-2-17-11)12-13(9(10)7-16)19-4-3-18-12/h5,7,11,15H,1-4,6H2. The smallest absolute Gasteiger partial charge is 0.173 e. The highest BCUT2D eigenvalue weighted by Crippen LogP contribution is 2.43. The molecule has 0 saturated carbocycles. The van der Waals surface area contributed by atoms with Crippen molar-refractivity contribution in [1.82, 2.24) is 5.32 Å². The van der Waals surface area contributed by atoms with Crippen molar-refractivity contribution >= 4 is 22.2 Å². The van der Waals surface area contributed by atoms with Crippen molar-refractivity contribution in [2.75, 3.05) is 32.9 Å². The fraction of sp³-hybridized carbons (Fsp3) is 0.462. The molecule has 0 bridgehead atoms. The van der Waals surface area contributed by atoms with Crippen molar-refractivity contribution in [3.8, 4) is 11.5 Å². The lowest BCUT2D eigenvalue weighted by Crippen LogP contribution is -2.34. The molecule has 0 radical (unpaired) electrons. The number of hydrogen-bond acceptors (Lipinski definition) is 5. The molecule has 1 aromatic carbocycles. The number of fused-ring (bicyclic) bond motifs is 1. The molecule has 1 aromatic rings. The molecule has 6 heteroatoms. The molecule has 3 rings (SSSR count). The van der Waals surface area contributed by atoms with Gasteiger partial charge in [0.15, 0.2) is 17.8 Å². The second-order valence-electron chi connectivity index (χ2n) is 4.40. The summed E-state index contributed by atoms with van der Waals surface area (Å²) in [4.78, 5) is 11.2. The summed E-state index contributed by atoms with van der Waals surface area (Å²) in [7, 11) is 0. The van der Waals surface area contributed by atoms with Gasteiger partial charge in [-0.15, -0.1) is 0 Å². The van der Waals surface area contributed by atoms with E-state index < -0.39 is 0 Å². The van der Waals surface area contributed by atoms with Crippen LogP contribution < -0.4 is 14.8 Å². The molecule has 2 aliphatic heterocycles. The van der Waals surface area contributed by atoms with E-state index in [0.717, 1.165) is 24.9 Å². The van der Waals surface area contributed by atoms with Crippen LogP contribution in [0.4, 0.5) is 0 Å². The third-order valence-corrected chi connectivity index (χ3v) is 3.88. The molecule has 0 aliphatic carbocycles. The van der Waals surface area contributed by atoms with Gasteiger partial charge in [0.2, 0.25) is 0 Å². The van der Waals surface area contributed by atoms with Crippen LogP contribution in [0, 0.1) is 0 Å². The third kappa shape index (κ3) is 2.35. The first kappa shape index (κ1) is 12.9. The summed E-state index contributed by atoms with van der Waals surface area (Å²) in [6, 6.07) is 1.88. The Balaban J connectivity index is 2.08. The van der Waals surface area contributed by atoms with Crippen molar-refractivity contribution < 1.29 is 19.0 Å². The van der Waals surface area contributed by atoms with Crippen molar-refractivity contribution in [2.24, 2.45) is 0 Å². The van der Waals surface area contributed by atoms with Gasteiger partial charge in [-0.3, -0.25) is 4.79 Å². The zero-order chi connectivity index (χ0) is 13.2. The number of carbonyl (C=O) groups excluding carboxylic acids is 1. The van der Waals surface area contributed by atoms with Crippen LogP contribution in [0.15, 0.2) is 10.5 Å². The Morgan fingerprint density at radius 3 is 2.74 bits per heavy atom. The van der Waals surface area contributed by atoms with Gasteiger partial charge >= 0.3 is 0 Å². The maximum Gasteiger partial charge on any atom is 0.173 e. The first-order valence-electron chi connectivity index (χ1n) is 6.20. The van der Waals surface area contributed by atoms with E-state index in [4.69, 9.17) is 14.2 Å². The Labute approximate surface area is 119 Å². The predicted molar refractivity (Wildman–Crippen MR) is 72.1 cm³/mol. The Hall–Kier alpha value is -1.11. The minimum Gasteiger partial charge on any atom is -0.486 e. The van der Waals surface area contributed by atoms with E-state index in [9.17, 15) is 4.79 Å². The Bertz CT molecular complexity index is 500. The Morgan fingerprint density at radius 1 is 1.26 bits per heavy atom. The maximum atomic E-state index is 11.2. The van der Waals surface area contributed by atoms with Gasteiger partial charge in [-0.05, 0) is 22.0 Å². The number of nitrogens with one attached hydrogen (secondary N) is 1. The van der Waals surface area contributed by atoms with E-state index in [0.29, 0.717) is 41.4 Å². The van der Waals surface area contributed by atoms with Crippen molar-refractivity contribution in [3.63, 3.8) is 0 Å². The molecular weight excluding hydrogens is 314 g/mol. The van der Waals surface area contributed by atoms with Crippen molar-refractivity contribution in [3.05, 3.63) is 21.7 Å². The van der Waals surface area contributed by atoms with Gasteiger partial charge in [0.05, 0.1) is 18.3 Å². The zero-order valence-electron chi connectivity index (χ0n) is 10.3. The normalized spacial score (nSPS) is 22.1. The van der Waals surface area contributed by atoms with E-state index in [1.165, 1.54) is 0 Å². The zero-order valence-corrected chi connectivity index (χ0v) is 11.9. The van der Waals surface area contributed by atoms with Crippen LogP contribution >= 0.6 is 15.9 Å². The van der Waals surface area contributed by atoms with E-state index in [1.807, 2.05) is 6.07 Å². The van der Waals surface area contributed by atoms with Gasteiger partial charge in [0.1, 0.15) is 13.2 Å². The highest BCUT2D eigenvalue weighted by Gasteiger charge is 2.28. The van der Waals surface area contributed by atoms with Crippen molar-refractivity contribution in [2.45, 2.75) is 6.10 Å². The SMILES string of the molecule is O=Cc1c(Br)cc(C2CNCCO2)c2c1OCCO2. The summed E-state index contributed by atoms with van der Waals surface area (Å²) < 4.78 is 17.7. The monoisotopic (exact) mass is 327 g/mol. The average Bonchev–Trinajstić information content (AvgIpc) is 2.47. The molecule has 19 heavy (non-hydrogen) atoms. The molecule has 0 spiro atoms. The highest BCUT2D eigenvalue weighted by atomic mass is 79.9. The van der Waals surface area contributed by atoms with Crippen LogP contribution in [0.2, 0.25) is 0 Å². The fourth-order valence-electron chi connectivity index (χ4n) is 2.34. The summed E-state index contributed by atoms with van der Waals surface area (Å²) >= 11 is 3.41. The minimum atomic E-state index is -0.0822. The summed E-state index contributed by atoms with van der Waals surface area (Å²) in [5.41, 5.74) is 1.40. The van der Waals surface area contributed by atoms with E-state index in [-0.39, 0.29) is 6.10 Å². The van der Waals surface area contributed by atoms with Gasteiger partial charge < -0.3 is 19.5 Å². The molecule has 1 saturated heterocycles. The summed E-state index contributed by atoms with van der Waals surface area (Å²) in [6.07, 6.45) is 0.697. The van der Waals surface area contributed by atoms with Crippen LogP contribution in [0.3, 0.4) is 0 Å². The highest BCUT2D eigenvalue weighted by molar-refractivity contribution is 9.10. The predicted octanol–water partition coefficient (Wildman–Crippen LogP) is 1.69. The van der Waals surface area contributed by atoms with Crippen LogP contribution in [-0.4, -0.2) is 39.2 Å². The number of aldehydes is 1. The number of benzene rings is 1. The van der Waals surface area contributed by atoms with Gasteiger partial charge in [0.25, 0.3) is 0 Å². The second kappa shape index (κ2) is 5.48. The summed E-state index contributed by atoms with van der Waals surface area (Å²) in [5.74, 6) is 1.14. The molecule has 2 heterocycles. The number of hydrogen-bond donors (Lipinski definition) is 1. The van der Waals surface area contributed by atoms with Gasteiger partial charge in [-0.1, -0.05) is 0 Å². The molecule has 0 aromatic heterocycles. The minimum absolute atomic E-state index is 0.0822. The maximum absolute atomic E-state index is 11.2. The Morgan fingerprint density at radius 2 is 2.05 bits per heavy atom. The number of morpholine rings is 1. The number of halogens is 1. The van der Waals surface area contributed by atoms with E-state index in [2.05, 4.69) is 21.2 Å². The Kier molecular flexibility index (Phi) is 3.72. The molecular formula is C13H14BrNO4. The lowest BCUT2D eigenvalue weighted by atomic mass is 10.0. The largest absolute Gasteiger partial charge is 0.486 e. The van der Waals surface area contributed by atoms with Gasteiger partial charge in [0, 0.05) is 23.1 Å². The van der Waals surface area contributed by atoms with Crippen LogP contribution in [0.25, 0.3) is 0 Å². The third-order valence-electron chi connectivity index (χ3n) is 3.22. The van der Waals surface area contributed by atoms with Crippen molar-refractivity contribution in [1.29, 1.82) is 0 Å². The molecule has 0 amide bonds. The topological polar surface area (TPSA) is 56.8 Å². The van der Waals surface area contributed by atoms with Crippen LogP contribution in [-0.2, 0) is 4.74 Å². The van der Waals surface area contributed by atoms with Crippen LogP contribution in [0.1, 0.15) is 22.0 Å². The molecule has 1 atom stereocenters. The average molecular weight is 328 g/mol. The number of rotatable bonds is 2. The lowest BCUT2D eigenvalue weighted by molar-refractivity contribution is 0.0243. The first-order valence-corrected chi connectivity index (χ1v) is 7.00. The van der Waals surface area contributed by atoms with Gasteiger partial charge in [-0.2, -0.15) is 0 Å². The molecule has 1 unspecified atom stereocenters. The lowest BCUT2D eigenvalue weighted by Gasteiger charge is -2.29. The van der Waals surface area contributed by atoms with Crippen LogP contribution in [0.5, 0.6) is 11.5 Å². The van der Waals surface area contributed by atoms with Gasteiger partial charge in [-0.25, -0.2) is 0 Å². The summed E-state index contributed by atoms with van der Waals surface area (Å²) in [6.45, 7) is 3.17.